The van der Waals surface area contributed by atoms with Gasteiger partial charge in [-0.05, 0) is 37.8 Å². The van der Waals surface area contributed by atoms with Crippen molar-refractivity contribution in [1.29, 1.82) is 0 Å². The molecule has 1 aliphatic rings. The van der Waals surface area contributed by atoms with Gasteiger partial charge in [0.25, 0.3) is 0 Å². The van der Waals surface area contributed by atoms with Gasteiger partial charge >= 0.3 is 0 Å². The zero-order valence-electron chi connectivity index (χ0n) is 3.29. The molecule has 1 radical (unpaired) electrons. The normalized spacial score (nSPS) is 30.8. The molecule has 0 nitrogen and oxygen atoms in total. The zero-order valence-corrected chi connectivity index (χ0v) is 6.87. The van der Waals surface area contributed by atoms with Crippen LogP contribution in [0.15, 0.2) is 0 Å². The van der Waals surface area contributed by atoms with Gasteiger partial charge in [-0.3, -0.25) is 0 Å². The molecule has 1 aliphatic heterocycles. The summed E-state index contributed by atoms with van der Waals surface area (Å²) in [6.45, 7) is 2.22. The highest BCUT2D eigenvalue weighted by atomic mass is 32.4. The summed E-state index contributed by atoms with van der Waals surface area (Å²) in [6, 6.07) is 0. The molecule has 0 unspecified atom stereocenters. The van der Waals surface area contributed by atoms with Gasteiger partial charge in [-0.25, -0.2) is 0 Å². The van der Waals surface area contributed by atoms with E-state index < -0.39 is 0 Å². The van der Waals surface area contributed by atoms with Gasteiger partial charge in [0.1, 0.15) is 0 Å². The minimum Gasteiger partial charge on any atom is -0.0480 e. The van der Waals surface area contributed by atoms with Crippen LogP contribution in [0.1, 0.15) is 6.92 Å². The molecule has 0 fully saturated rings. The Hall–Kier alpha value is 1.20. The summed E-state index contributed by atoms with van der Waals surface area (Å²) in [7, 11) is 6.27. The quantitative estimate of drug-likeness (QED) is 0.458. The Bertz CT molecular complexity index is 81.7. The van der Waals surface area contributed by atoms with Crippen LogP contribution in [-0.4, -0.2) is 0 Å². The van der Waals surface area contributed by atoms with Crippen LogP contribution in [0.2, 0.25) is 0 Å². The molecule has 1 rings (SSSR count). The molecule has 0 aliphatic carbocycles. The van der Waals surface area contributed by atoms with E-state index in [4.69, 9.17) is 0 Å². The second kappa shape index (κ2) is 2.49. The average Bonchev–Trinajstić information content (AvgIpc) is 1.86. The summed E-state index contributed by atoms with van der Waals surface area (Å²) in [5.41, 5.74) is 0. The lowest BCUT2D eigenvalue weighted by molar-refractivity contribution is 1.66. The average molecular weight is 151 g/mol. The van der Waals surface area contributed by atoms with Crippen LogP contribution in [-0.2, 0) is 0 Å². The van der Waals surface area contributed by atoms with Crippen molar-refractivity contribution >= 4 is 30.8 Å². The van der Waals surface area contributed by atoms with E-state index in [1.807, 2.05) is 0 Å². The molecule has 0 bridgehead atoms. The van der Waals surface area contributed by atoms with Crippen molar-refractivity contribution in [3.05, 3.63) is 5.40 Å². The smallest absolute Gasteiger partial charge is 0.0480 e. The first kappa shape index (κ1) is 5.34. The van der Waals surface area contributed by atoms with Gasteiger partial charge in [0.15, 0.2) is 0 Å². The summed E-state index contributed by atoms with van der Waals surface area (Å²) >= 11 is 0. The van der Waals surface area contributed by atoms with Crippen molar-refractivity contribution in [2.75, 3.05) is 0 Å². The first-order valence-electron chi connectivity index (χ1n) is 1.55. The van der Waals surface area contributed by atoms with E-state index in [2.05, 4.69) is 6.92 Å². The van der Waals surface area contributed by atoms with Crippen LogP contribution in [0.3, 0.4) is 0 Å². The Morgan fingerprint density at radius 3 is 1.83 bits per heavy atom. The van der Waals surface area contributed by atoms with E-state index in [-0.39, 0.29) is 0 Å². The van der Waals surface area contributed by atoms with E-state index in [0.717, 1.165) is 0 Å². The molecule has 31 valence electrons. The summed E-state index contributed by atoms with van der Waals surface area (Å²) < 4.78 is 0. The minimum atomic E-state index is 1.55. The Kier molecular flexibility index (Phi) is 2.22. The minimum absolute atomic E-state index is 1.55. The SMILES string of the molecule is C[C]1P=PP=P1. The first-order valence-corrected chi connectivity index (χ1v) is 7.24. The molecular weight excluding hydrogens is 148 g/mol. The molecule has 0 N–H and O–H groups in total. The lowest BCUT2D eigenvalue weighted by Gasteiger charge is -1.78. The Labute approximate surface area is 43.8 Å². The number of hydrogen-bond acceptors (Lipinski definition) is 0. The van der Waals surface area contributed by atoms with Crippen LogP contribution in [0.25, 0.3) is 0 Å². The number of hydrogen-bond donors (Lipinski definition) is 0. The largest absolute Gasteiger partial charge is 0.0812 e. The molecule has 4 heteroatoms. The molecule has 0 aromatic heterocycles. The van der Waals surface area contributed by atoms with Gasteiger partial charge in [-0.15, -0.1) is 0 Å². The van der Waals surface area contributed by atoms with Gasteiger partial charge < -0.3 is 0 Å². The van der Waals surface area contributed by atoms with E-state index >= 15 is 0 Å². The van der Waals surface area contributed by atoms with Gasteiger partial charge in [0.2, 0.25) is 0 Å². The first-order chi connectivity index (χ1) is 2.89. The molecule has 0 saturated heterocycles. The van der Waals surface area contributed by atoms with Crippen LogP contribution in [0, 0.1) is 5.40 Å². The van der Waals surface area contributed by atoms with Crippen molar-refractivity contribution in [2.45, 2.75) is 6.92 Å². The third kappa shape index (κ3) is 1.36. The van der Waals surface area contributed by atoms with Crippen molar-refractivity contribution in [3.63, 3.8) is 0 Å². The topological polar surface area (TPSA) is 0 Å². The molecule has 0 atom stereocenters. The summed E-state index contributed by atoms with van der Waals surface area (Å²) in [5.74, 6) is 0. The monoisotopic (exact) mass is 151 g/mol. The third-order valence-electron chi connectivity index (χ3n) is 0.419. The predicted octanol–water partition coefficient (Wildman–Crippen LogP) is 4.04. The van der Waals surface area contributed by atoms with E-state index in [0.29, 0.717) is 0 Å². The fourth-order valence-corrected chi connectivity index (χ4v) is 10.5. The number of rotatable bonds is 0. The molecule has 0 spiro atoms. The summed E-state index contributed by atoms with van der Waals surface area (Å²) in [4.78, 5) is 0. The Morgan fingerprint density at radius 1 is 1.17 bits per heavy atom. The molecule has 0 amide bonds. The molecule has 0 aromatic rings. The summed E-state index contributed by atoms with van der Waals surface area (Å²) in [6.07, 6.45) is 0. The van der Waals surface area contributed by atoms with Crippen molar-refractivity contribution < 1.29 is 0 Å². The highest BCUT2D eigenvalue weighted by molar-refractivity contribution is 8.39. The Morgan fingerprint density at radius 2 is 1.67 bits per heavy atom. The van der Waals surface area contributed by atoms with E-state index in [1.165, 1.54) is 0 Å². The van der Waals surface area contributed by atoms with Crippen molar-refractivity contribution in [2.24, 2.45) is 0 Å². The van der Waals surface area contributed by atoms with Gasteiger partial charge in [0, 0.05) is 0 Å². The van der Waals surface area contributed by atoms with E-state index in [1.54, 1.807) is 36.2 Å². The third-order valence-corrected chi connectivity index (χ3v) is 9.87. The Balaban J connectivity index is 2.60. The molecule has 0 saturated carbocycles. The highest BCUT2D eigenvalue weighted by Gasteiger charge is 1.95. The van der Waals surface area contributed by atoms with Crippen molar-refractivity contribution in [1.82, 2.24) is 0 Å². The lowest BCUT2D eigenvalue weighted by Crippen LogP contribution is -1.46. The second-order valence-corrected chi connectivity index (χ2v) is 8.87. The standard InChI is InChI=1S/C2H3P4/c1-2-3-5-6-4-2/h1H3. The molecule has 6 heavy (non-hydrogen) atoms. The second-order valence-electron chi connectivity index (χ2n) is 0.926. The van der Waals surface area contributed by atoms with Crippen LogP contribution in [0.4, 0.5) is 0 Å². The highest BCUT2D eigenvalue weighted by Crippen LogP contribution is 2.56. The maximum absolute atomic E-state index is 2.22. The van der Waals surface area contributed by atoms with Gasteiger partial charge in [0.05, 0.1) is 5.40 Å². The van der Waals surface area contributed by atoms with Crippen molar-refractivity contribution in [3.8, 4) is 0 Å². The zero-order chi connectivity index (χ0) is 4.41. The van der Waals surface area contributed by atoms with Crippen LogP contribution >= 0.6 is 30.8 Å². The molecule has 1 heterocycles. The fourth-order valence-electron chi connectivity index (χ4n) is 0.189. The predicted molar refractivity (Wildman–Crippen MR) is 36.6 cm³/mol. The maximum atomic E-state index is 2.22. The van der Waals surface area contributed by atoms with Gasteiger partial charge in [-0.1, -0.05) is 0 Å². The van der Waals surface area contributed by atoms with Gasteiger partial charge in [-0.2, -0.15) is 0 Å². The van der Waals surface area contributed by atoms with E-state index in [9.17, 15) is 0 Å². The fraction of sp³-hybridized carbons (Fsp3) is 0.500. The maximum Gasteiger partial charge on any atom is 0.0812 e. The molecule has 0 aromatic carbocycles. The summed E-state index contributed by atoms with van der Waals surface area (Å²) in [5, 5.41) is 1.62. The van der Waals surface area contributed by atoms with Crippen LogP contribution in [0.5, 0.6) is 0 Å². The van der Waals surface area contributed by atoms with Crippen LogP contribution < -0.4 is 0 Å². The molecular formula is C2H3P4. The lowest BCUT2D eigenvalue weighted by atomic mass is 11.0.